The molecule has 0 aromatic heterocycles. The monoisotopic (exact) mass is 338 g/mol. The Morgan fingerprint density at radius 2 is 2.04 bits per heavy atom. The van der Waals surface area contributed by atoms with Crippen LogP contribution in [0.1, 0.15) is 24.8 Å². The molecule has 1 heterocycles. The molecule has 0 bridgehead atoms. The Morgan fingerprint density at radius 3 is 2.74 bits per heavy atom. The highest BCUT2D eigenvalue weighted by molar-refractivity contribution is 6.27. The number of halogens is 1. The molecule has 0 radical (unpaired) electrons. The van der Waals surface area contributed by atoms with Gasteiger partial charge in [-0.05, 0) is 24.8 Å². The van der Waals surface area contributed by atoms with Crippen LogP contribution in [-0.4, -0.2) is 53.9 Å². The molecule has 1 saturated heterocycles. The maximum absolute atomic E-state index is 12.1. The number of likely N-dealkylation sites (tertiary alicyclic amines) is 1. The second-order valence-corrected chi connectivity index (χ2v) is 6.06. The van der Waals surface area contributed by atoms with Crippen molar-refractivity contribution < 1.29 is 14.3 Å². The number of hydrogen-bond acceptors (Lipinski definition) is 3. The minimum atomic E-state index is -0.377. The Labute approximate surface area is 142 Å². The van der Waals surface area contributed by atoms with Gasteiger partial charge in [0.1, 0.15) is 12.5 Å². The van der Waals surface area contributed by atoms with Crippen molar-refractivity contribution in [3.05, 3.63) is 35.9 Å². The molecule has 1 fully saturated rings. The summed E-state index contributed by atoms with van der Waals surface area (Å²) in [5, 5.41) is 0. The number of likely N-dealkylation sites (N-methyl/N-ethyl adjacent to an activating group) is 1. The average molecular weight is 339 g/mol. The summed E-state index contributed by atoms with van der Waals surface area (Å²) < 4.78 is 5.31. The molecule has 1 aliphatic rings. The zero-order valence-corrected chi connectivity index (χ0v) is 14.2. The van der Waals surface area contributed by atoms with Crippen LogP contribution >= 0.6 is 11.6 Å². The van der Waals surface area contributed by atoms with Crippen molar-refractivity contribution >= 4 is 23.6 Å². The summed E-state index contributed by atoms with van der Waals surface area (Å²) in [6, 6.07) is 9.58. The Kier molecular flexibility index (Phi) is 6.71. The fourth-order valence-corrected chi connectivity index (χ4v) is 2.97. The lowest BCUT2D eigenvalue weighted by Gasteiger charge is -2.37. The third-order valence-electron chi connectivity index (χ3n) is 4.06. The van der Waals surface area contributed by atoms with Crippen LogP contribution in [0.15, 0.2) is 30.3 Å². The van der Waals surface area contributed by atoms with Crippen molar-refractivity contribution in [1.82, 2.24) is 9.80 Å². The second-order valence-electron chi connectivity index (χ2n) is 5.79. The minimum absolute atomic E-state index is 0.0152. The fraction of sp³-hybridized carbons (Fsp3) is 0.529. The summed E-state index contributed by atoms with van der Waals surface area (Å²) in [4.78, 5) is 27.3. The topological polar surface area (TPSA) is 49.9 Å². The van der Waals surface area contributed by atoms with Gasteiger partial charge in [-0.3, -0.25) is 4.79 Å². The third-order valence-corrected chi connectivity index (χ3v) is 4.29. The molecule has 5 nitrogen and oxygen atoms in total. The maximum atomic E-state index is 12.1. The SMILES string of the molecule is CN(CC1CCCCN1C(=O)CCl)C(=O)OCc1ccccc1. The first kappa shape index (κ1) is 17.6. The van der Waals surface area contributed by atoms with E-state index < -0.39 is 0 Å². The lowest BCUT2D eigenvalue weighted by molar-refractivity contribution is -0.132. The van der Waals surface area contributed by atoms with Crippen molar-refractivity contribution in [2.24, 2.45) is 0 Å². The van der Waals surface area contributed by atoms with Crippen LogP contribution in [0.4, 0.5) is 4.79 Å². The van der Waals surface area contributed by atoms with E-state index in [0.717, 1.165) is 24.8 Å². The van der Waals surface area contributed by atoms with Crippen LogP contribution < -0.4 is 0 Å². The normalized spacial score (nSPS) is 17.7. The van der Waals surface area contributed by atoms with Crippen LogP contribution in [0.3, 0.4) is 0 Å². The molecule has 2 amide bonds. The van der Waals surface area contributed by atoms with Crippen LogP contribution in [0.2, 0.25) is 0 Å². The molecule has 6 heteroatoms. The zero-order valence-electron chi connectivity index (χ0n) is 13.4. The summed E-state index contributed by atoms with van der Waals surface area (Å²) in [5.74, 6) is -0.0824. The summed E-state index contributed by atoms with van der Waals surface area (Å²) in [6.07, 6.45) is 2.56. The number of alkyl halides is 1. The Morgan fingerprint density at radius 1 is 1.30 bits per heavy atom. The molecule has 2 rings (SSSR count). The number of amides is 2. The van der Waals surface area contributed by atoms with Crippen LogP contribution in [0.5, 0.6) is 0 Å². The van der Waals surface area contributed by atoms with E-state index in [2.05, 4.69) is 0 Å². The molecule has 0 aliphatic carbocycles. The summed E-state index contributed by atoms with van der Waals surface area (Å²) in [5.41, 5.74) is 0.950. The Balaban J connectivity index is 1.85. The van der Waals surface area contributed by atoms with E-state index in [1.807, 2.05) is 30.3 Å². The van der Waals surface area contributed by atoms with Gasteiger partial charge in [0.05, 0.1) is 0 Å². The largest absolute Gasteiger partial charge is 0.445 e. The molecule has 1 atom stereocenters. The number of carbonyl (C=O) groups excluding carboxylic acids is 2. The van der Waals surface area contributed by atoms with Crippen LogP contribution in [-0.2, 0) is 16.1 Å². The average Bonchev–Trinajstić information content (AvgIpc) is 2.60. The van der Waals surface area contributed by atoms with Crippen LogP contribution in [0.25, 0.3) is 0 Å². The van der Waals surface area contributed by atoms with Crippen molar-refractivity contribution in [3.63, 3.8) is 0 Å². The van der Waals surface area contributed by atoms with Gasteiger partial charge in [0, 0.05) is 26.2 Å². The number of piperidine rings is 1. The molecule has 1 aromatic rings. The summed E-state index contributed by atoms with van der Waals surface area (Å²) in [6.45, 7) is 1.43. The van der Waals surface area contributed by atoms with Crippen molar-refractivity contribution in [2.45, 2.75) is 31.9 Å². The molecule has 126 valence electrons. The summed E-state index contributed by atoms with van der Waals surface area (Å²) in [7, 11) is 1.70. The molecule has 1 aliphatic heterocycles. The van der Waals surface area contributed by atoms with Gasteiger partial charge in [0.25, 0.3) is 0 Å². The van der Waals surface area contributed by atoms with E-state index in [-0.39, 0.29) is 30.5 Å². The fourth-order valence-electron chi connectivity index (χ4n) is 2.82. The highest BCUT2D eigenvalue weighted by Gasteiger charge is 2.28. The predicted octanol–water partition coefficient (Wildman–Crippen LogP) is 2.87. The summed E-state index contributed by atoms with van der Waals surface area (Å²) >= 11 is 5.67. The second kappa shape index (κ2) is 8.77. The maximum Gasteiger partial charge on any atom is 0.409 e. The number of ether oxygens (including phenoxy) is 1. The lowest BCUT2D eigenvalue weighted by Crippen LogP contribution is -2.50. The molecule has 1 aromatic carbocycles. The molecular formula is C17H23ClN2O3. The highest BCUT2D eigenvalue weighted by Crippen LogP contribution is 2.18. The standard InChI is InChI=1S/C17H23ClN2O3/c1-19(17(22)23-13-14-7-3-2-4-8-14)12-15-9-5-6-10-20(15)16(21)11-18/h2-4,7-8,15H,5-6,9-13H2,1H3. The van der Waals surface area contributed by atoms with Gasteiger partial charge in [-0.15, -0.1) is 11.6 Å². The van der Waals surface area contributed by atoms with E-state index in [1.165, 1.54) is 4.90 Å². The molecule has 0 N–H and O–H groups in total. The van der Waals surface area contributed by atoms with E-state index >= 15 is 0 Å². The molecule has 23 heavy (non-hydrogen) atoms. The first-order valence-corrected chi connectivity index (χ1v) is 8.42. The van der Waals surface area contributed by atoms with Gasteiger partial charge in [0.2, 0.25) is 5.91 Å². The van der Waals surface area contributed by atoms with Gasteiger partial charge < -0.3 is 14.5 Å². The lowest BCUT2D eigenvalue weighted by atomic mass is 10.0. The molecule has 1 unspecified atom stereocenters. The van der Waals surface area contributed by atoms with Crippen LogP contribution in [0, 0.1) is 0 Å². The zero-order chi connectivity index (χ0) is 16.7. The van der Waals surface area contributed by atoms with Gasteiger partial charge in [0.15, 0.2) is 0 Å². The molecule has 0 spiro atoms. The van der Waals surface area contributed by atoms with E-state index in [0.29, 0.717) is 13.1 Å². The first-order chi connectivity index (χ1) is 11.1. The molecular weight excluding hydrogens is 316 g/mol. The third kappa shape index (κ3) is 5.13. The number of benzene rings is 1. The van der Waals surface area contributed by atoms with Gasteiger partial charge >= 0.3 is 6.09 Å². The highest BCUT2D eigenvalue weighted by atomic mass is 35.5. The van der Waals surface area contributed by atoms with Gasteiger partial charge in [-0.25, -0.2) is 4.79 Å². The Bertz CT molecular complexity index is 524. The van der Waals surface area contributed by atoms with Crippen molar-refractivity contribution in [3.8, 4) is 0 Å². The number of hydrogen-bond donors (Lipinski definition) is 0. The van der Waals surface area contributed by atoms with Gasteiger partial charge in [-0.2, -0.15) is 0 Å². The van der Waals surface area contributed by atoms with Crippen molar-refractivity contribution in [1.29, 1.82) is 0 Å². The number of nitrogens with zero attached hydrogens (tertiary/aromatic N) is 2. The molecule has 0 saturated carbocycles. The quantitative estimate of drug-likeness (QED) is 0.776. The smallest absolute Gasteiger partial charge is 0.409 e. The number of carbonyl (C=O) groups is 2. The first-order valence-electron chi connectivity index (χ1n) is 7.89. The Hall–Kier alpha value is -1.75. The minimum Gasteiger partial charge on any atom is -0.445 e. The number of rotatable bonds is 5. The van der Waals surface area contributed by atoms with E-state index in [9.17, 15) is 9.59 Å². The van der Waals surface area contributed by atoms with E-state index in [4.69, 9.17) is 16.3 Å². The van der Waals surface area contributed by atoms with E-state index in [1.54, 1.807) is 11.9 Å². The predicted molar refractivity (Wildman–Crippen MR) is 89.3 cm³/mol. The van der Waals surface area contributed by atoms with Crippen molar-refractivity contribution in [2.75, 3.05) is 26.0 Å². The van der Waals surface area contributed by atoms with Gasteiger partial charge in [-0.1, -0.05) is 30.3 Å².